The number of rotatable bonds is 4. The molecule has 2 saturated heterocycles. The van der Waals surface area contributed by atoms with E-state index in [1.165, 1.54) is 0 Å². The summed E-state index contributed by atoms with van der Waals surface area (Å²) < 4.78 is 11.5. The molecule has 2 heterocycles. The van der Waals surface area contributed by atoms with Crippen molar-refractivity contribution in [2.24, 2.45) is 0 Å². The van der Waals surface area contributed by atoms with Crippen LogP contribution in [0, 0.1) is 0 Å². The highest BCUT2D eigenvalue weighted by Gasteiger charge is 2.50. The van der Waals surface area contributed by atoms with Gasteiger partial charge in [-0.25, -0.2) is 0 Å². The molecule has 5 heteroatoms. The summed E-state index contributed by atoms with van der Waals surface area (Å²) in [4.78, 5) is 12.3. The van der Waals surface area contributed by atoms with Crippen molar-refractivity contribution in [3.8, 4) is 0 Å². The Balaban J connectivity index is 2.05. The number of amides is 1. The summed E-state index contributed by atoms with van der Waals surface area (Å²) in [6.07, 6.45) is 4.78. The van der Waals surface area contributed by atoms with Gasteiger partial charge in [-0.05, 0) is 32.1 Å². The molecule has 1 N–H and O–H groups in total. The molecular weight excluding hydrogens is 238 g/mol. The van der Waals surface area contributed by atoms with E-state index in [9.17, 15) is 4.79 Å². The molecule has 1 amide bonds. The third-order valence-corrected chi connectivity index (χ3v) is 3.76. The highest BCUT2D eigenvalue weighted by atomic mass is 32.1. The number of hydrogen-bond donors (Lipinski definition) is 2. The second-order valence-corrected chi connectivity index (χ2v) is 5.12. The Bertz CT molecular complexity index is 260. The van der Waals surface area contributed by atoms with E-state index in [2.05, 4.69) is 17.9 Å². The lowest BCUT2D eigenvalue weighted by Gasteiger charge is -2.37. The first kappa shape index (κ1) is 13.2. The predicted molar refractivity (Wildman–Crippen MR) is 68.4 cm³/mol. The summed E-state index contributed by atoms with van der Waals surface area (Å²) in [7, 11) is 0. The average Bonchev–Trinajstić information content (AvgIpc) is 2.87. The number of carbonyl (C=O) groups excluding carboxylic acids is 1. The maximum absolute atomic E-state index is 12.3. The monoisotopic (exact) mass is 259 g/mol. The smallest absolute Gasteiger partial charge is 0.255 e. The van der Waals surface area contributed by atoms with E-state index in [0.717, 1.165) is 38.7 Å². The molecule has 2 aliphatic heterocycles. The predicted octanol–water partition coefficient (Wildman–Crippen LogP) is 1.15. The van der Waals surface area contributed by atoms with Crippen LogP contribution in [0.25, 0.3) is 0 Å². The van der Waals surface area contributed by atoms with E-state index in [1.807, 2.05) is 0 Å². The fourth-order valence-corrected chi connectivity index (χ4v) is 2.78. The van der Waals surface area contributed by atoms with Crippen LogP contribution in [-0.4, -0.2) is 43.1 Å². The van der Waals surface area contributed by atoms with E-state index < -0.39 is 5.60 Å². The van der Waals surface area contributed by atoms with Gasteiger partial charge >= 0.3 is 0 Å². The first-order valence-electron chi connectivity index (χ1n) is 6.44. The van der Waals surface area contributed by atoms with Crippen molar-refractivity contribution in [3.63, 3.8) is 0 Å². The van der Waals surface area contributed by atoms with E-state index in [4.69, 9.17) is 9.47 Å². The molecule has 0 aromatic carbocycles. The van der Waals surface area contributed by atoms with Gasteiger partial charge in [0.15, 0.2) is 5.60 Å². The van der Waals surface area contributed by atoms with Crippen molar-refractivity contribution in [3.05, 3.63) is 0 Å². The van der Waals surface area contributed by atoms with E-state index in [-0.39, 0.29) is 12.0 Å². The van der Waals surface area contributed by atoms with E-state index in [0.29, 0.717) is 18.9 Å². The molecule has 98 valence electrons. The lowest BCUT2D eigenvalue weighted by atomic mass is 9.87. The molecule has 2 fully saturated rings. The Morgan fingerprint density at radius 2 is 2.24 bits per heavy atom. The van der Waals surface area contributed by atoms with Gasteiger partial charge in [-0.1, -0.05) is 0 Å². The third-order valence-electron chi connectivity index (χ3n) is 3.53. The van der Waals surface area contributed by atoms with Gasteiger partial charge in [0, 0.05) is 25.5 Å². The van der Waals surface area contributed by atoms with Gasteiger partial charge in [0.1, 0.15) is 0 Å². The number of hydrogen-bond acceptors (Lipinski definition) is 4. The van der Waals surface area contributed by atoms with Crippen molar-refractivity contribution in [1.82, 2.24) is 5.32 Å². The highest BCUT2D eigenvalue weighted by molar-refractivity contribution is 7.80. The van der Waals surface area contributed by atoms with Crippen LogP contribution in [-0.2, 0) is 14.3 Å². The van der Waals surface area contributed by atoms with Crippen molar-refractivity contribution >= 4 is 18.5 Å². The Morgan fingerprint density at radius 1 is 1.35 bits per heavy atom. The molecule has 2 atom stereocenters. The number of thiol groups is 1. The zero-order valence-corrected chi connectivity index (χ0v) is 11.0. The number of ether oxygens (including phenoxy) is 2. The van der Waals surface area contributed by atoms with Crippen LogP contribution in [0.2, 0.25) is 0 Å². The van der Waals surface area contributed by atoms with Crippen LogP contribution < -0.4 is 5.32 Å². The summed E-state index contributed by atoms with van der Waals surface area (Å²) >= 11 is 4.11. The van der Waals surface area contributed by atoms with Crippen LogP contribution in [0.3, 0.4) is 0 Å². The van der Waals surface area contributed by atoms with Crippen LogP contribution in [0.1, 0.15) is 32.1 Å². The van der Waals surface area contributed by atoms with Crippen molar-refractivity contribution in [1.29, 1.82) is 0 Å². The number of carbonyl (C=O) groups is 1. The first-order valence-corrected chi connectivity index (χ1v) is 7.07. The molecule has 17 heavy (non-hydrogen) atoms. The third kappa shape index (κ3) is 2.77. The standard InChI is InChI=1S/C12H21NO3S/c14-11(13-6-9-17)12(5-3-8-16-12)10-4-1-2-7-15-10/h10,17H,1-9H2,(H,13,14). The first-order chi connectivity index (χ1) is 8.29. The van der Waals surface area contributed by atoms with Gasteiger partial charge < -0.3 is 14.8 Å². The Labute approximate surface area is 108 Å². The Morgan fingerprint density at radius 3 is 2.82 bits per heavy atom. The molecule has 2 aliphatic rings. The fourth-order valence-electron chi connectivity index (χ4n) is 2.67. The quantitative estimate of drug-likeness (QED) is 0.745. The minimum absolute atomic E-state index is 0.0176. The van der Waals surface area contributed by atoms with Crippen molar-refractivity contribution in [2.75, 3.05) is 25.5 Å². The summed E-state index contributed by atoms with van der Waals surface area (Å²) in [5, 5.41) is 2.89. The van der Waals surface area contributed by atoms with Gasteiger partial charge in [-0.2, -0.15) is 12.6 Å². The van der Waals surface area contributed by atoms with Crippen molar-refractivity contribution in [2.45, 2.75) is 43.8 Å². The van der Waals surface area contributed by atoms with E-state index in [1.54, 1.807) is 0 Å². The molecule has 0 aliphatic carbocycles. The Hall–Kier alpha value is -0.260. The molecule has 0 aromatic rings. The van der Waals surface area contributed by atoms with Gasteiger partial charge in [0.05, 0.1) is 6.10 Å². The van der Waals surface area contributed by atoms with Crippen LogP contribution in [0.15, 0.2) is 0 Å². The molecule has 0 saturated carbocycles. The fraction of sp³-hybridized carbons (Fsp3) is 0.917. The second kappa shape index (κ2) is 6.07. The summed E-state index contributed by atoms with van der Waals surface area (Å²) in [5.41, 5.74) is -0.733. The van der Waals surface area contributed by atoms with Gasteiger partial charge in [-0.3, -0.25) is 4.79 Å². The zero-order chi connectivity index (χ0) is 12.1. The molecule has 0 radical (unpaired) electrons. The maximum Gasteiger partial charge on any atom is 0.255 e. The lowest BCUT2D eigenvalue weighted by molar-refractivity contribution is -0.167. The van der Waals surface area contributed by atoms with Crippen LogP contribution >= 0.6 is 12.6 Å². The SMILES string of the molecule is O=C(NCCS)C1(C2CCCCO2)CCCO1. The lowest BCUT2D eigenvalue weighted by Crippen LogP contribution is -2.56. The minimum Gasteiger partial charge on any atom is -0.375 e. The topological polar surface area (TPSA) is 47.6 Å². The molecular formula is C12H21NO3S. The second-order valence-electron chi connectivity index (χ2n) is 4.68. The molecule has 4 nitrogen and oxygen atoms in total. The largest absolute Gasteiger partial charge is 0.375 e. The average molecular weight is 259 g/mol. The molecule has 2 rings (SSSR count). The molecule has 2 unspecified atom stereocenters. The van der Waals surface area contributed by atoms with Crippen molar-refractivity contribution < 1.29 is 14.3 Å². The van der Waals surface area contributed by atoms with Crippen LogP contribution in [0.5, 0.6) is 0 Å². The number of nitrogens with one attached hydrogen (secondary N) is 1. The molecule has 0 aromatic heterocycles. The highest BCUT2D eigenvalue weighted by Crippen LogP contribution is 2.35. The minimum atomic E-state index is -0.733. The molecule has 0 bridgehead atoms. The van der Waals surface area contributed by atoms with Crippen LogP contribution in [0.4, 0.5) is 0 Å². The zero-order valence-electron chi connectivity index (χ0n) is 10.1. The van der Waals surface area contributed by atoms with Gasteiger partial charge in [0.2, 0.25) is 0 Å². The van der Waals surface area contributed by atoms with Gasteiger partial charge in [0.25, 0.3) is 5.91 Å². The summed E-state index contributed by atoms with van der Waals surface area (Å²) in [6.45, 7) is 1.99. The maximum atomic E-state index is 12.3. The summed E-state index contributed by atoms with van der Waals surface area (Å²) in [6, 6.07) is 0. The normalized spacial score (nSPS) is 33.6. The van der Waals surface area contributed by atoms with Gasteiger partial charge in [-0.15, -0.1) is 0 Å². The Kier molecular flexibility index (Phi) is 4.70. The van der Waals surface area contributed by atoms with E-state index >= 15 is 0 Å². The summed E-state index contributed by atoms with van der Waals surface area (Å²) in [5.74, 6) is 0.629. The molecule has 0 spiro atoms.